The number of thiophene rings is 1. The third-order valence-corrected chi connectivity index (χ3v) is 7.67. The number of nitrogens with zero attached hydrogens (tertiary/aromatic N) is 5. The molecule has 0 atom stereocenters. The summed E-state index contributed by atoms with van der Waals surface area (Å²) in [4.78, 5) is 32.0. The van der Waals surface area contributed by atoms with E-state index in [4.69, 9.17) is 9.15 Å². The molecule has 0 saturated carbocycles. The van der Waals surface area contributed by atoms with Crippen LogP contribution in [0, 0.1) is 5.92 Å². The number of amides is 1. The van der Waals surface area contributed by atoms with Gasteiger partial charge in [0.1, 0.15) is 6.26 Å². The molecular weight excluding hydrogens is 498 g/mol. The summed E-state index contributed by atoms with van der Waals surface area (Å²) in [6.07, 6.45) is 2.58. The van der Waals surface area contributed by atoms with Gasteiger partial charge in [-0.05, 0) is 43.3 Å². The molecule has 0 spiro atoms. The predicted molar refractivity (Wildman–Crippen MR) is 136 cm³/mol. The van der Waals surface area contributed by atoms with Crippen molar-refractivity contribution in [2.24, 2.45) is 5.92 Å². The van der Waals surface area contributed by atoms with Crippen LogP contribution in [0.25, 0.3) is 16.4 Å². The van der Waals surface area contributed by atoms with E-state index in [9.17, 15) is 9.59 Å². The summed E-state index contributed by atoms with van der Waals surface area (Å²) in [6, 6.07) is 13.9. The van der Waals surface area contributed by atoms with Crippen molar-refractivity contribution in [3.8, 4) is 16.4 Å². The molecule has 9 nitrogen and oxygen atoms in total. The number of esters is 1. The average Bonchev–Trinajstić information content (AvgIpc) is 3.68. The summed E-state index contributed by atoms with van der Waals surface area (Å²) in [7, 11) is 0. The average molecular weight is 524 g/mol. The summed E-state index contributed by atoms with van der Waals surface area (Å²) >= 11 is 3.05. The number of benzene rings is 1. The minimum Gasteiger partial charge on any atom is -0.466 e. The summed E-state index contributed by atoms with van der Waals surface area (Å²) < 4.78 is 12.7. The molecule has 186 valence electrons. The molecule has 3 aromatic heterocycles. The molecule has 1 aromatic carbocycles. The minimum absolute atomic E-state index is 0.153. The molecule has 1 aliphatic rings. The van der Waals surface area contributed by atoms with E-state index in [1.165, 1.54) is 18.0 Å². The molecule has 36 heavy (non-hydrogen) atoms. The molecule has 1 aliphatic heterocycles. The second kappa shape index (κ2) is 11.1. The highest BCUT2D eigenvalue weighted by atomic mass is 32.2. The summed E-state index contributed by atoms with van der Waals surface area (Å²) in [5.74, 6) is 1.08. The summed E-state index contributed by atoms with van der Waals surface area (Å²) in [5, 5.41) is 11.6. The standard InChI is InChI=1S/C25H25N5O4S2/c1-2-33-24(32)17-10-12-29(13-11-17)23(31)19-15-34-21(26-19)16-36-25-28-27-22(20-9-6-14-35-20)30(25)18-7-4-3-5-8-18/h3-9,14-15,17H,2,10-13,16H2,1H3. The Hall–Kier alpha value is -3.44. The second-order valence-corrected chi connectivity index (χ2v) is 10.1. The predicted octanol–water partition coefficient (Wildman–Crippen LogP) is 4.69. The number of piperidine rings is 1. The van der Waals surface area contributed by atoms with Crippen LogP contribution in [-0.4, -0.2) is 56.2 Å². The number of likely N-dealkylation sites (tertiary alicyclic amines) is 1. The van der Waals surface area contributed by atoms with Crippen LogP contribution >= 0.6 is 23.1 Å². The molecule has 0 bridgehead atoms. The van der Waals surface area contributed by atoms with Crippen molar-refractivity contribution >= 4 is 35.0 Å². The lowest BCUT2D eigenvalue weighted by Gasteiger charge is -2.30. The van der Waals surface area contributed by atoms with E-state index in [1.54, 1.807) is 23.2 Å². The Labute approximate surface area is 216 Å². The van der Waals surface area contributed by atoms with E-state index in [0.717, 1.165) is 16.4 Å². The lowest BCUT2D eigenvalue weighted by atomic mass is 9.97. The fourth-order valence-corrected chi connectivity index (χ4v) is 5.58. The number of oxazole rings is 1. The molecule has 4 aromatic rings. The van der Waals surface area contributed by atoms with Crippen molar-refractivity contribution in [3.63, 3.8) is 0 Å². The van der Waals surface area contributed by atoms with Gasteiger partial charge in [0.15, 0.2) is 16.7 Å². The zero-order chi connectivity index (χ0) is 24.9. The Kier molecular flexibility index (Phi) is 7.47. The number of ether oxygens (including phenoxy) is 1. The minimum atomic E-state index is -0.190. The van der Waals surface area contributed by atoms with Crippen molar-refractivity contribution in [2.75, 3.05) is 19.7 Å². The van der Waals surface area contributed by atoms with E-state index >= 15 is 0 Å². The van der Waals surface area contributed by atoms with Gasteiger partial charge in [0, 0.05) is 18.8 Å². The van der Waals surface area contributed by atoms with Gasteiger partial charge in [-0.1, -0.05) is 36.0 Å². The lowest BCUT2D eigenvalue weighted by Crippen LogP contribution is -2.40. The maximum Gasteiger partial charge on any atom is 0.309 e. The van der Waals surface area contributed by atoms with Gasteiger partial charge in [-0.2, -0.15) is 0 Å². The maximum absolute atomic E-state index is 12.9. The molecule has 1 saturated heterocycles. The smallest absolute Gasteiger partial charge is 0.309 e. The largest absolute Gasteiger partial charge is 0.466 e. The van der Waals surface area contributed by atoms with Crippen LogP contribution < -0.4 is 0 Å². The van der Waals surface area contributed by atoms with E-state index in [1.807, 2.05) is 52.4 Å². The number of aromatic nitrogens is 4. The Morgan fingerprint density at radius 1 is 1.14 bits per heavy atom. The first-order chi connectivity index (χ1) is 17.6. The van der Waals surface area contributed by atoms with Crippen LogP contribution in [0.4, 0.5) is 0 Å². The van der Waals surface area contributed by atoms with Crippen LogP contribution in [0.3, 0.4) is 0 Å². The Bertz CT molecular complexity index is 1310. The van der Waals surface area contributed by atoms with Crippen molar-refractivity contribution in [1.29, 1.82) is 0 Å². The third kappa shape index (κ3) is 5.21. The van der Waals surface area contributed by atoms with Crippen molar-refractivity contribution in [1.82, 2.24) is 24.6 Å². The van der Waals surface area contributed by atoms with Gasteiger partial charge in [0.25, 0.3) is 5.91 Å². The summed E-state index contributed by atoms with van der Waals surface area (Å²) in [6.45, 7) is 3.15. The normalized spacial score (nSPS) is 14.2. The topological polar surface area (TPSA) is 103 Å². The lowest BCUT2D eigenvalue weighted by molar-refractivity contribution is -0.149. The van der Waals surface area contributed by atoms with Crippen LogP contribution in [-0.2, 0) is 15.3 Å². The van der Waals surface area contributed by atoms with Gasteiger partial charge in [0.05, 0.1) is 23.2 Å². The van der Waals surface area contributed by atoms with E-state index < -0.39 is 0 Å². The summed E-state index contributed by atoms with van der Waals surface area (Å²) in [5.41, 5.74) is 1.23. The van der Waals surface area contributed by atoms with Crippen molar-refractivity contribution < 1.29 is 18.7 Å². The molecule has 11 heteroatoms. The number of carbonyl (C=O) groups is 2. The molecule has 0 radical (unpaired) electrons. The fourth-order valence-electron chi connectivity index (χ4n) is 4.08. The Morgan fingerprint density at radius 2 is 1.94 bits per heavy atom. The quantitative estimate of drug-likeness (QED) is 0.242. The van der Waals surface area contributed by atoms with Gasteiger partial charge >= 0.3 is 5.97 Å². The molecule has 1 amide bonds. The van der Waals surface area contributed by atoms with Crippen LogP contribution in [0.15, 0.2) is 63.7 Å². The molecule has 0 N–H and O–H groups in total. The number of rotatable bonds is 8. The van der Waals surface area contributed by atoms with E-state index in [-0.39, 0.29) is 23.5 Å². The second-order valence-electron chi connectivity index (χ2n) is 8.19. The molecule has 1 fully saturated rings. The van der Waals surface area contributed by atoms with Gasteiger partial charge in [0.2, 0.25) is 5.89 Å². The third-order valence-electron chi connectivity index (χ3n) is 5.89. The molecular formula is C25H25N5O4S2. The maximum atomic E-state index is 12.9. The zero-order valence-electron chi connectivity index (χ0n) is 19.7. The van der Waals surface area contributed by atoms with Crippen molar-refractivity contribution in [2.45, 2.75) is 30.7 Å². The van der Waals surface area contributed by atoms with Crippen molar-refractivity contribution in [3.05, 3.63) is 65.7 Å². The monoisotopic (exact) mass is 523 g/mol. The molecule has 5 rings (SSSR count). The molecule has 0 aliphatic carbocycles. The molecule has 0 unspecified atom stereocenters. The van der Waals surface area contributed by atoms with Gasteiger partial charge in [-0.3, -0.25) is 14.2 Å². The van der Waals surface area contributed by atoms with Crippen LogP contribution in [0.5, 0.6) is 0 Å². The number of hydrogen-bond donors (Lipinski definition) is 0. The number of hydrogen-bond acceptors (Lipinski definition) is 9. The Morgan fingerprint density at radius 3 is 2.67 bits per heavy atom. The number of thioether (sulfide) groups is 1. The van der Waals surface area contributed by atoms with E-state index in [0.29, 0.717) is 49.3 Å². The first-order valence-corrected chi connectivity index (χ1v) is 13.6. The zero-order valence-corrected chi connectivity index (χ0v) is 21.3. The van der Waals surface area contributed by atoms with Gasteiger partial charge < -0.3 is 14.1 Å². The highest BCUT2D eigenvalue weighted by Gasteiger charge is 2.30. The first kappa shape index (κ1) is 24.3. The Balaban J connectivity index is 1.25. The van der Waals surface area contributed by atoms with E-state index in [2.05, 4.69) is 15.2 Å². The van der Waals surface area contributed by atoms with Crippen LogP contribution in [0.2, 0.25) is 0 Å². The SMILES string of the molecule is CCOC(=O)C1CCN(C(=O)c2coc(CSc3nnc(-c4cccs4)n3-c3ccccc3)n2)CC1. The van der Waals surface area contributed by atoms with Gasteiger partial charge in [-0.25, -0.2) is 4.98 Å². The fraction of sp³-hybridized carbons (Fsp3) is 0.320. The highest BCUT2D eigenvalue weighted by Crippen LogP contribution is 2.31. The number of carbonyl (C=O) groups excluding carboxylic acids is 2. The molecule has 4 heterocycles. The highest BCUT2D eigenvalue weighted by molar-refractivity contribution is 7.98. The van der Waals surface area contributed by atoms with Crippen LogP contribution in [0.1, 0.15) is 36.1 Å². The number of para-hydroxylation sites is 1. The first-order valence-electron chi connectivity index (χ1n) is 11.7. The van der Waals surface area contributed by atoms with Gasteiger partial charge in [-0.15, -0.1) is 21.5 Å².